The molecule has 0 aliphatic carbocycles. The number of carbonyl (C=O) groups is 1. The minimum atomic E-state index is -3.24. The second kappa shape index (κ2) is 5.21. The third-order valence-electron chi connectivity index (χ3n) is 0.638. The molecule has 7 heteroatoms. The molecule has 0 amide bonds. The Morgan fingerprint density at radius 1 is 1.64 bits per heavy atom. The zero-order valence-corrected chi connectivity index (χ0v) is 6.67. The van der Waals surface area contributed by atoms with Crippen molar-refractivity contribution in [2.24, 2.45) is 0 Å². The number of ether oxygens (including phenoxy) is 1. The normalized spacial score (nSPS) is 13.1. The zero-order chi connectivity index (χ0) is 8.85. The SMILES string of the molecule is CCO[PH](=O)C(=O)OC(F)F. The Hall–Kier alpha value is -0.480. The van der Waals surface area contributed by atoms with E-state index in [0.29, 0.717) is 0 Å². The quantitative estimate of drug-likeness (QED) is 0.631. The zero-order valence-electron chi connectivity index (χ0n) is 5.67. The van der Waals surface area contributed by atoms with Crippen LogP contribution in [0.5, 0.6) is 0 Å². The Balaban J connectivity index is 3.74. The van der Waals surface area contributed by atoms with Gasteiger partial charge in [0.15, 0.2) is 0 Å². The van der Waals surface area contributed by atoms with E-state index in [1.54, 1.807) is 0 Å². The van der Waals surface area contributed by atoms with E-state index < -0.39 is 20.3 Å². The van der Waals surface area contributed by atoms with Crippen LogP contribution < -0.4 is 0 Å². The lowest BCUT2D eigenvalue weighted by molar-refractivity contribution is -0.0732. The van der Waals surface area contributed by atoms with Crippen LogP contribution >= 0.6 is 8.03 Å². The molecule has 0 N–H and O–H groups in total. The molecule has 0 saturated heterocycles. The average Bonchev–Trinajstić information content (AvgIpc) is 1.86. The van der Waals surface area contributed by atoms with E-state index in [9.17, 15) is 18.1 Å². The Bertz CT molecular complexity index is 160. The van der Waals surface area contributed by atoms with Gasteiger partial charge in [0, 0.05) is 0 Å². The number of hydrogen-bond donors (Lipinski definition) is 0. The maximum absolute atomic E-state index is 11.3. The molecule has 1 unspecified atom stereocenters. The molecule has 0 radical (unpaired) electrons. The molecule has 0 heterocycles. The van der Waals surface area contributed by atoms with E-state index in [-0.39, 0.29) is 6.61 Å². The van der Waals surface area contributed by atoms with E-state index in [4.69, 9.17) is 0 Å². The molecule has 1 atom stereocenters. The van der Waals surface area contributed by atoms with E-state index in [0.717, 1.165) is 0 Å². The van der Waals surface area contributed by atoms with Gasteiger partial charge in [-0.1, -0.05) is 0 Å². The predicted molar refractivity (Wildman–Crippen MR) is 33.1 cm³/mol. The van der Waals surface area contributed by atoms with Crippen molar-refractivity contribution in [3.05, 3.63) is 0 Å². The van der Waals surface area contributed by atoms with Gasteiger partial charge in [-0.25, -0.2) is 4.79 Å². The Morgan fingerprint density at radius 3 is 2.55 bits per heavy atom. The summed E-state index contributed by atoms with van der Waals surface area (Å²) in [6.07, 6.45) is 0. The highest BCUT2D eigenvalue weighted by molar-refractivity contribution is 7.58. The fourth-order valence-corrected chi connectivity index (χ4v) is 0.884. The smallest absolute Gasteiger partial charge is 0.392 e. The van der Waals surface area contributed by atoms with Crippen LogP contribution in [-0.2, 0) is 13.8 Å². The Labute approximate surface area is 62.3 Å². The van der Waals surface area contributed by atoms with Crippen molar-refractivity contribution in [1.82, 2.24) is 0 Å². The molecular weight excluding hydrogens is 181 g/mol. The largest absolute Gasteiger partial charge is 0.396 e. The minimum absolute atomic E-state index is 0.0239. The van der Waals surface area contributed by atoms with Gasteiger partial charge in [0.25, 0.3) is 8.03 Å². The van der Waals surface area contributed by atoms with Crippen LogP contribution in [0.25, 0.3) is 0 Å². The summed E-state index contributed by atoms with van der Waals surface area (Å²) in [5.74, 6) is 0. The van der Waals surface area contributed by atoms with Crippen molar-refractivity contribution in [3.8, 4) is 0 Å². The lowest BCUT2D eigenvalue weighted by Crippen LogP contribution is -2.04. The summed E-state index contributed by atoms with van der Waals surface area (Å²) in [4.78, 5) is 10.2. The highest BCUT2D eigenvalue weighted by Gasteiger charge is 2.17. The number of rotatable bonds is 4. The van der Waals surface area contributed by atoms with Gasteiger partial charge in [-0.3, -0.25) is 4.57 Å². The van der Waals surface area contributed by atoms with Crippen LogP contribution in [0, 0.1) is 0 Å². The first-order valence-electron chi connectivity index (χ1n) is 2.73. The molecule has 0 bridgehead atoms. The van der Waals surface area contributed by atoms with Gasteiger partial charge >= 0.3 is 12.3 Å². The first-order valence-corrected chi connectivity index (χ1v) is 4.05. The second-order valence-corrected chi connectivity index (χ2v) is 2.66. The summed E-state index contributed by atoms with van der Waals surface area (Å²) in [5, 5.41) is 0. The highest BCUT2D eigenvalue weighted by Crippen LogP contribution is 2.25. The molecule has 0 rings (SSSR count). The Kier molecular flexibility index (Phi) is 4.98. The van der Waals surface area contributed by atoms with Crippen molar-refractivity contribution in [2.75, 3.05) is 6.61 Å². The molecule has 0 spiro atoms. The van der Waals surface area contributed by atoms with Gasteiger partial charge in [0.2, 0.25) is 0 Å². The fraction of sp³-hybridized carbons (Fsp3) is 0.750. The summed E-state index contributed by atoms with van der Waals surface area (Å²) in [5.41, 5.74) is -1.49. The number of hydrogen-bond acceptors (Lipinski definition) is 4. The van der Waals surface area contributed by atoms with E-state index in [1.807, 2.05) is 0 Å². The first-order chi connectivity index (χ1) is 5.07. The first kappa shape index (κ1) is 10.5. The second-order valence-electron chi connectivity index (χ2n) is 1.39. The molecule has 4 nitrogen and oxygen atoms in total. The molecular formula is C4H7F2O4P. The molecule has 0 saturated carbocycles. The van der Waals surface area contributed by atoms with E-state index >= 15 is 0 Å². The van der Waals surface area contributed by atoms with E-state index in [1.165, 1.54) is 6.92 Å². The summed E-state index contributed by atoms with van der Waals surface area (Å²) < 4.78 is 40.5. The molecule has 66 valence electrons. The van der Waals surface area contributed by atoms with Gasteiger partial charge in [-0.15, -0.1) is 0 Å². The monoisotopic (exact) mass is 188 g/mol. The predicted octanol–water partition coefficient (Wildman–Crippen LogP) is 1.86. The van der Waals surface area contributed by atoms with Crippen molar-refractivity contribution >= 4 is 13.7 Å². The number of halogens is 2. The van der Waals surface area contributed by atoms with Crippen LogP contribution in [0.15, 0.2) is 0 Å². The molecule has 11 heavy (non-hydrogen) atoms. The van der Waals surface area contributed by atoms with Crippen molar-refractivity contribution in [3.63, 3.8) is 0 Å². The van der Waals surface area contributed by atoms with Crippen molar-refractivity contribution in [2.45, 2.75) is 13.5 Å². The molecule has 0 fully saturated rings. The van der Waals surface area contributed by atoms with Crippen LogP contribution in [-0.4, -0.2) is 18.9 Å². The molecule has 0 aromatic rings. The minimum Gasteiger partial charge on any atom is -0.396 e. The molecule has 0 aromatic heterocycles. The van der Waals surface area contributed by atoms with Crippen LogP contribution in [0.3, 0.4) is 0 Å². The standard InChI is InChI=1S/C4H7F2O4P/c1-2-9-11(8)4(7)10-3(5)6/h3,11H,2H2,1H3. The van der Waals surface area contributed by atoms with Gasteiger partial charge in [0.1, 0.15) is 0 Å². The topological polar surface area (TPSA) is 52.6 Å². The van der Waals surface area contributed by atoms with Gasteiger partial charge < -0.3 is 9.26 Å². The molecule has 0 aliphatic heterocycles. The third-order valence-corrected chi connectivity index (χ3v) is 1.64. The van der Waals surface area contributed by atoms with Crippen molar-refractivity contribution < 1.29 is 27.4 Å². The van der Waals surface area contributed by atoms with Crippen LogP contribution in [0.4, 0.5) is 13.6 Å². The van der Waals surface area contributed by atoms with Gasteiger partial charge in [-0.05, 0) is 6.92 Å². The summed E-state index contributed by atoms with van der Waals surface area (Å²) in [6, 6.07) is 0. The summed E-state index contributed by atoms with van der Waals surface area (Å²) >= 11 is 0. The molecule has 0 aromatic carbocycles. The lowest BCUT2D eigenvalue weighted by Gasteiger charge is -2.01. The van der Waals surface area contributed by atoms with Crippen LogP contribution in [0.2, 0.25) is 0 Å². The average molecular weight is 188 g/mol. The molecule has 0 aliphatic rings. The van der Waals surface area contributed by atoms with Crippen molar-refractivity contribution in [1.29, 1.82) is 0 Å². The highest BCUT2D eigenvalue weighted by atomic mass is 31.1. The third kappa shape index (κ3) is 4.86. The maximum Gasteiger partial charge on any atom is 0.392 e. The van der Waals surface area contributed by atoms with Gasteiger partial charge in [0.05, 0.1) is 6.61 Å². The summed E-state index contributed by atoms with van der Waals surface area (Å²) in [6.45, 7) is -1.73. The Morgan fingerprint density at radius 2 is 2.18 bits per heavy atom. The maximum atomic E-state index is 11.3. The summed E-state index contributed by atoms with van der Waals surface area (Å²) in [7, 11) is -3.10. The number of carbonyl (C=O) groups excluding carboxylic acids is 1. The van der Waals surface area contributed by atoms with E-state index in [2.05, 4.69) is 9.26 Å². The fourth-order valence-electron chi connectivity index (χ4n) is 0.319. The number of alkyl halides is 2. The lowest BCUT2D eigenvalue weighted by atomic mass is 10.9. The van der Waals surface area contributed by atoms with Crippen LogP contribution in [0.1, 0.15) is 6.92 Å². The van der Waals surface area contributed by atoms with Gasteiger partial charge in [-0.2, -0.15) is 8.78 Å².